The Labute approximate surface area is 180 Å². The lowest BCUT2D eigenvalue weighted by atomic mass is 9.92. The molecule has 2 atom stereocenters. The second kappa shape index (κ2) is 8.22. The van der Waals surface area contributed by atoms with Gasteiger partial charge in [0.1, 0.15) is 5.54 Å². The number of hydrazine groups is 1. The number of hydrogen-bond acceptors (Lipinski definition) is 4. The molecular weight excluding hydrogens is 396 g/mol. The summed E-state index contributed by atoms with van der Waals surface area (Å²) in [7, 11) is 0. The number of rotatable bonds is 6. The summed E-state index contributed by atoms with van der Waals surface area (Å²) in [6, 6.07) is 17.9. The van der Waals surface area contributed by atoms with E-state index in [-0.39, 0.29) is 18.9 Å². The highest BCUT2D eigenvalue weighted by Crippen LogP contribution is 2.28. The molecule has 160 valence electrons. The van der Waals surface area contributed by atoms with Gasteiger partial charge in [0.05, 0.1) is 5.92 Å². The van der Waals surface area contributed by atoms with Crippen molar-refractivity contribution in [3.8, 4) is 0 Å². The largest absolute Gasteiger partial charge is 0.344 e. The minimum Gasteiger partial charge on any atom is -0.342 e. The molecule has 2 N–H and O–H groups in total. The number of urea groups is 1. The van der Waals surface area contributed by atoms with E-state index in [2.05, 4.69) is 10.7 Å². The molecule has 2 aliphatic heterocycles. The SMILES string of the molecule is CC1(c2ccccc2)NC(=O)N(NC(=O)C2CC(=O)N(CCc3ccccc3)C2)C1=O. The minimum absolute atomic E-state index is 0.0558. The van der Waals surface area contributed by atoms with E-state index in [9.17, 15) is 19.2 Å². The maximum absolute atomic E-state index is 12.9. The van der Waals surface area contributed by atoms with Crippen LogP contribution in [0.4, 0.5) is 4.79 Å². The Hall–Kier alpha value is -3.68. The van der Waals surface area contributed by atoms with E-state index >= 15 is 0 Å². The van der Waals surface area contributed by atoms with Gasteiger partial charge in [-0.1, -0.05) is 60.7 Å². The third kappa shape index (κ3) is 4.01. The number of benzene rings is 2. The van der Waals surface area contributed by atoms with Gasteiger partial charge in [-0.15, -0.1) is 0 Å². The third-order valence-electron chi connectivity index (χ3n) is 5.86. The summed E-state index contributed by atoms with van der Waals surface area (Å²) in [6.45, 7) is 2.37. The highest BCUT2D eigenvalue weighted by atomic mass is 16.2. The van der Waals surface area contributed by atoms with E-state index in [1.165, 1.54) is 0 Å². The fraction of sp³-hybridized carbons (Fsp3) is 0.304. The molecule has 31 heavy (non-hydrogen) atoms. The van der Waals surface area contributed by atoms with Gasteiger partial charge in [0.2, 0.25) is 11.8 Å². The molecule has 2 fully saturated rings. The average molecular weight is 420 g/mol. The first-order valence-electron chi connectivity index (χ1n) is 10.2. The predicted octanol–water partition coefficient (Wildman–Crippen LogP) is 1.58. The van der Waals surface area contributed by atoms with Gasteiger partial charge in [0.15, 0.2) is 0 Å². The van der Waals surface area contributed by atoms with Crippen molar-refractivity contribution in [2.24, 2.45) is 5.92 Å². The Morgan fingerprint density at radius 2 is 1.71 bits per heavy atom. The summed E-state index contributed by atoms with van der Waals surface area (Å²) in [5, 5.41) is 3.36. The summed E-state index contributed by atoms with van der Waals surface area (Å²) in [6.07, 6.45) is 0.754. The Kier molecular flexibility index (Phi) is 5.46. The molecule has 2 saturated heterocycles. The fourth-order valence-electron chi connectivity index (χ4n) is 3.98. The molecule has 8 heteroatoms. The van der Waals surface area contributed by atoms with Gasteiger partial charge in [0, 0.05) is 19.5 Å². The smallest absolute Gasteiger partial charge is 0.342 e. The molecule has 0 aliphatic carbocycles. The van der Waals surface area contributed by atoms with Crippen LogP contribution < -0.4 is 10.7 Å². The van der Waals surface area contributed by atoms with Gasteiger partial charge in [-0.05, 0) is 24.5 Å². The Balaban J connectivity index is 1.37. The number of imide groups is 1. The van der Waals surface area contributed by atoms with Crippen LogP contribution in [0, 0.1) is 5.92 Å². The van der Waals surface area contributed by atoms with Gasteiger partial charge >= 0.3 is 6.03 Å². The Morgan fingerprint density at radius 1 is 1.06 bits per heavy atom. The van der Waals surface area contributed by atoms with Crippen LogP contribution in [0.15, 0.2) is 60.7 Å². The van der Waals surface area contributed by atoms with Crippen LogP contribution >= 0.6 is 0 Å². The summed E-state index contributed by atoms with van der Waals surface area (Å²) in [5.74, 6) is -1.81. The van der Waals surface area contributed by atoms with Gasteiger partial charge in [-0.3, -0.25) is 19.8 Å². The molecular formula is C23H24N4O4. The number of carbonyl (C=O) groups is 4. The minimum atomic E-state index is -1.27. The van der Waals surface area contributed by atoms with Gasteiger partial charge in [-0.25, -0.2) is 4.79 Å². The van der Waals surface area contributed by atoms with Crippen molar-refractivity contribution in [2.45, 2.75) is 25.3 Å². The molecule has 0 bridgehead atoms. The molecule has 2 aromatic carbocycles. The molecule has 2 heterocycles. The number of nitrogens with one attached hydrogen (secondary N) is 2. The van der Waals surface area contributed by atoms with Crippen molar-refractivity contribution in [2.75, 3.05) is 13.1 Å². The lowest BCUT2D eigenvalue weighted by Gasteiger charge is -2.22. The topological polar surface area (TPSA) is 98.8 Å². The van der Waals surface area contributed by atoms with E-state index in [1.807, 2.05) is 36.4 Å². The van der Waals surface area contributed by atoms with Gasteiger partial charge in [0.25, 0.3) is 5.91 Å². The second-order valence-corrected chi connectivity index (χ2v) is 8.01. The highest BCUT2D eigenvalue weighted by Gasteiger charge is 2.50. The van der Waals surface area contributed by atoms with Crippen molar-refractivity contribution < 1.29 is 19.2 Å². The number of carbonyl (C=O) groups excluding carboxylic acids is 4. The summed E-state index contributed by atoms with van der Waals surface area (Å²) in [4.78, 5) is 52.1. The predicted molar refractivity (Wildman–Crippen MR) is 112 cm³/mol. The van der Waals surface area contributed by atoms with Crippen LogP contribution in [0.5, 0.6) is 0 Å². The number of likely N-dealkylation sites (tertiary alicyclic amines) is 1. The monoisotopic (exact) mass is 420 g/mol. The fourth-order valence-corrected chi connectivity index (χ4v) is 3.98. The van der Waals surface area contributed by atoms with E-state index in [1.54, 1.807) is 36.1 Å². The van der Waals surface area contributed by atoms with E-state index < -0.39 is 29.3 Å². The van der Waals surface area contributed by atoms with Crippen LogP contribution in [0.1, 0.15) is 24.5 Å². The zero-order valence-corrected chi connectivity index (χ0v) is 17.2. The molecule has 4 rings (SSSR count). The van der Waals surface area contributed by atoms with Crippen molar-refractivity contribution in [3.63, 3.8) is 0 Å². The zero-order valence-electron chi connectivity index (χ0n) is 17.2. The molecule has 2 aromatic rings. The average Bonchev–Trinajstić information content (AvgIpc) is 3.26. The van der Waals surface area contributed by atoms with Gasteiger partial charge < -0.3 is 10.2 Å². The molecule has 0 saturated carbocycles. The molecule has 8 nitrogen and oxygen atoms in total. The summed E-state index contributed by atoms with van der Waals surface area (Å²) in [5.41, 5.74) is 2.88. The Bertz CT molecular complexity index is 1010. The molecule has 0 spiro atoms. The molecule has 0 radical (unpaired) electrons. The maximum Gasteiger partial charge on any atom is 0.344 e. The van der Waals surface area contributed by atoms with Crippen LogP contribution in [0.25, 0.3) is 0 Å². The van der Waals surface area contributed by atoms with Crippen molar-refractivity contribution in [3.05, 3.63) is 71.8 Å². The maximum atomic E-state index is 12.9. The van der Waals surface area contributed by atoms with Crippen LogP contribution in [-0.4, -0.2) is 46.8 Å². The summed E-state index contributed by atoms with van der Waals surface area (Å²) >= 11 is 0. The number of amides is 5. The van der Waals surface area contributed by atoms with Crippen molar-refractivity contribution in [1.82, 2.24) is 20.7 Å². The normalized spacial score (nSPS) is 23.3. The third-order valence-corrected chi connectivity index (χ3v) is 5.86. The van der Waals surface area contributed by atoms with Crippen LogP contribution in [0.2, 0.25) is 0 Å². The highest BCUT2D eigenvalue weighted by molar-refractivity contribution is 6.08. The van der Waals surface area contributed by atoms with E-state index in [0.29, 0.717) is 23.5 Å². The quantitative estimate of drug-likeness (QED) is 0.693. The number of hydrogen-bond donors (Lipinski definition) is 2. The lowest BCUT2D eigenvalue weighted by Crippen LogP contribution is -2.50. The first-order chi connectivity index (χ1) is 14.9. The molecule has 5 amide bonds. The summed E-state index contributed by atoms with van der Waals surface area (Å²) < 4.78 is 0. The second-order valence-electron chi connectivity index (χ2n) is 8.01. The molecule has 0 aromatic heterocycles. The first-order valence-corrected chi connectivity index (χ1v) is 10.2. The van der Waals surface area contributed by atoms with Crippen molar-refractivity contribution in [1.29, 1.82) is 0 Å². The van der Waals surface area contributed by atoms with E-state index in [0.717, 1.165) is 5.56 Å². The standard InChI is InChI=1S/C23H24N4O4/c1-23(18-10-6-3-7-11-18)21(30)27(22(31)24-23)25-20(29)17-14-19(28)26(15-17)13-12-16-8-4-2-5-9-16/h2-11,17H,12-15H2,1H3,(H,24,31)(H,25,29). The van der Waals surface area contributed by atoms with Crippen molar-refractivity contribution >= 4 is 23.8 Å². The number of nitrogens with zero attached hydrogens (tertiary/aromatic N) is 2. The van der Waals surface area contributed by atoms with Crippen LogP contribution in [-0.2, 0) is 26.3 Å². The van der Waals surface area contributed by atoms with E-state index in [4.69, 9.17) is 0 Å². The molecule has 2 aliphatic rings. The first kappa shape index (κ1) is 20.6. The lowest BCUT2D eigenvalue weighted by molar-refractivity contribution is -0.140. The Morgan fingerprint density at radius 3 is 2.39 bits per heavy atom. The molecule has 2 unspecified atom stereocenters. The van der Waals surface area contributed by atoms with Gasteiger partial charge in [-0.2, -0.15) is 5.01 Å². The van der Waals surface area contributed by atoms with Crippen LogP contribution in [0.3, 0.4) is 0 Å². The zero-order chi connectivity index (χ0) is 22.0.